The summed E-state index contributed by atoms with van der Waals surface area (Å²) in [6.07, 6.45) is 1.55. The summed E-state index contributed by atoms with van der Waals surface area (Å²) in [5, 5.41) is 6.78. The topological polar surface area (TPSA) is 87.2 Å². The highest BCUT2D eigenvalue weighted by atomic mass is 19.4. The van der Waals surface area contributed by atoms with E-state index in [0.717, 1.165) is 63.0 Å². The lowest BCUT2D eigenvalue weighted by molar-refractivity contribution is -0.274. The Kier molecular flexibility index (Phi) is 4.78. The van der Waals surface area contributed by atoms with Crippen LogP contribution in [0, 0.1) is 11.3 Å². The van der Waals surface area contributed by atoms with Crippen molar-refractivity contribution in [2.24, 2.45) is 11.3 Å². The largest absolute Gasteiger partial charge is 0.573 e. The van der Waals surface area contributed by atoms with E-state index in [9.17, 15) is 18.0 Å². The molecule has 2 saturated heterocycles. The van der Waals surface area contributed by atoms with Crippen molar-refractivity contribution in [1.82, 2.24) is 30.0 Å². The van der Waals surface area contributed by atoms with Crippen molar-refractivity contribution >= 4 is 6.03 Å². The van der Waals surface area contributed by atoms with Crippen molar-refractivity contribution in [3.05, 3.63) is 36.2 Å². The molecule has 1 spiro atoms. The van der Waals surface area contributed by atoms with E-state index in [2.05, 4.69) is 24.9 Å². The Morgan fingerprint density at radius 1 is 1.23 bits per heavy atom. The Hall–Kier alpha value is -2.85. The summed E-state index contributed by atoms with van der Waals surface area (Å²) in [4.78, 5) is 24.9. The molecule has 0 aromatic carbocycles. The fourth-order valence-corrected chi connectivity index (χ4v) is 5.26. The number of urea groups is 1. The van der Waals surface area contributed by atoms with Gasteiger partial charge in [-0.15, -0.1) is 13.2 Å². The molecule has 4 heterocycles. The Bertz CT molecular complexity index is 919. The molecule has 0 bridgehead atoms. The van der Waals surface area contributed by atoms with Crippen molar-refractivity contribution in [2.75, 3.05) is 26.2 Å². The van der Waals surface area contributed by atoms with Gasteiger partial charge in [-0.1, -0.05) is 0 Å². The zero-order valence-electron chi connectivity index (χ0n) is 16.8. The Balaban J connectivity index is 1.06. The number of aromatic amines is 1. The molecular weight excluding hydrogens is 413 g/mol. The summed E-state index contributed by atoms with van der Waals surface area (Å²) in [5.41, 5.74) is 0.959. The third kappa shape index (κ3) is 4.17. The number of halogens is 3. The van der Waals surface area contributed by atoms with E-state index in [1.807, 2.05) is 9.80 Å². The van der Waals surface area contributed by atoms with Gasteiger partial charge < -0.3 is 14.5 Å². The number of carbonyl (C=O) groups is 1. The van der Waals surface area contributed by atoms with Crippen molar-refractivity contribution in [3.8, 4) is 5.75 Å². The van der Waals surface area contributed by atoms with Crippen LogP contribution in [0.3, 0.4) is 0 Å². The van der Waals surface area contributed by atoms with Crippen LogP contribution in [0.15, 0.2) is 24.7 Å². The van der Waals surface area contributed by atoms with Gasteiger partial charge in [-0.05, 0) is 43.7 Å². The van der Waals surface area contributed by atoms with Crippen LogP contribution < -0.4 is 4.74 Å². The molecule has 1 saturated carbocycles. The minimum atomic E-state index is -4.71. The molecule has 2 aromatic rings. The van der Waals surface area contributed by atoms with Crippen molar-refractivity contribution in [2.45, 2.75) is 38.0 Å². The van der Waals surface area contributed by atoms with Crippen LogP contribution in [-0.2, 0) is 6.42 Å². The predicted octanol–water partition coefficient (Wildman–Crippen LogP) is 2.96. The monoisotopic (exact) mass is 436 g/mol. The fourth-order valence-electron chi connectivity index (χ4n) is 5.26. The number of ether oxygens (including phenoxy) is 1. The molecule has 166 valence electrons. The molecule has 11 heteroatoms. The second kappa shape index (κ2) is 7.38. The van der Waals surface area contributed by atoms with Crippen LogP contribution in [-0.4, -0.2) is 68.5 Å². The first-order valence-electron chi connectivity index (χ1n) is 10.4. The maximum absolute atomic E-state index is 12.8. The van der Waals surface area contributed by atoms with Gasteiger partial charge in [0.05, 0.1) is 6.20 Å². The molecule has 5 rings (SSSR count). The van der Waals surface area contributed by atoms with E-state index in [1.54, 1.807) is 6.07 Å². The lowest BCUT2D eigenvalue weighted by Gasteiger charge is -2.59. The van der Waals surface area contributed by atoms with Crippen LogP contribution >= 0.6 is 0 Å². The summed E-state index contributed by atoms with van der Waals surface area (Å²) in [6.45, 7) is 2.95. The number of hydrogen-bond acceptors (Lipinski definition) is 5. The van der Waals surface area contributed by atoms with Crippen LogP contribution in [0.5, 0.6) is 5.75 Å². The summed E-state index contributed by atoms with van der Waals surface area (Å²) in [5.74, 6) is 1.20. The van der Waals surface area contributed by atoms with Crippen LogP contribution in [0.4, 0.5) is 18.0 Å². The number of pyridine rings is 1. The number of rotatable bonds is 4. The third-order valence-electron chi connectivity index (χ3n) is 6.57. The average molecular weight is 436 g/mol. The Labute approximate surface area is 176 Å². The Morgan fingerprint density at radius 3 is 2.68 bits per heavy atom. The van der Waals surface area contributed by atoms with Gasteiger partial charge in [0.1, 0.15) is 17.9 Å². The zero-order chi connectivity index (χ0) is 21.6. The van der Waals surface area contributed by atoms with Gasteiger partial charge in [0.25, 0.3) is 0 Å². The van der Waals surface area contributed by atoms with E-state index < -0.39 is 6.36 Å². The van der Waals surface area contributed by atoms with Gasteiger partial charge in [-0.2, -0.15) is 5.10 Å². The number of nitrogens with zero attached hydrogens (tertiary/aromatic N) is 5. The molecule has 3 aliphatic rings. The highest BCUT2D eigenvalue weighted by molar-refractivity contribution is 5.76. The minimum absolute atomic E-state index is 0.0954. The highest BCUT2D eigenvalue weighted by Crippen LogP contribution is 2.53. The molecule has 1 atom stereocenters. The molecule has 2 aliphatic heterocycles. The maximum Gasteiger partial charge on any atom is 0.573 e. The molecule has 2 aromatic heterocycles. The van der Waals surface area contributed by atoms with Crippen LogP contribution in [0.1, 0.15) is 36.7 Å². The predicted molar refractivity (Wildman–Crippen MR) is 102 cm³/mol. The number of alkyl halides is 3. The summed E-state index contributed by atoms with van der Waals surface area (Å²) in [6, 6.07) is 2.98. The van der Waals surface area contributed by atoms with Crippen LogP contribution in [0.25, 0.3) is 0 Å². The van der Waals surface area contributed by atoms with E-state index in [1.165, 1.54) is 12.4 Å². The molecule has 8 nitrogen and oxygen atoms in total. The quantitative estimate of drug-likeness (QED) is 0.796. The van der Waals surface area contributed by atoms with Crippen molar-refractivity contribution < 1.29 is 22.7 Å². The molecule has 0 unspecified atom stereocenters. The maximum atomic E-state index is 12.8. The molecule has 1 aliphatic carbocycles. The van der Waals surface area contributed by atoms with Crippen molar-refractivity contribution in [1.29, 1.82) is 0 Å². The lowest BCUT2D eigenvalue weighted by atomic mass is 9.57. The molecule has 3 fully saturated rings. The third-order valence-corrected chi connectivity index (χ3v) is 6.57. The first-order valence-corrected chi connectivity index (χ1v) is 10.4. The number of H-pyrrole nitrogens is 1. The van der Waals surface area contributed by atoms with E-state index in [4.69, 9.17) is 0 Å². The zero-order valence-corrected chi connectivity index (χ0v) is 16.8. The second-order valence-electron chi connectivity index (χ2n) is 8.95. The molecular formula is C20H23F3N6O2. The number of hydrogen-bond donors (Lipinski definition) is 1. The molecule has 0 radical (unpaired) electrons. The number of amides is 2. The summed E-state index contributed by atoms with van der Waals surface area (Å²) < 4.78 is 40.5. The van der Waals surface area contributed by atoms with Crippen LogP contribution in [0.2, 0.25) is 0 Å². The second-order valence-corrected chi connectivity index (χ2v) is 8.95. The van der Waals surface area contributed by atoms with Crippen molar-refractivity contribution in [3.63, 3.8) is 0 Å². The fraction of sp³-hybridized carbons (Fsp3) is 0.600. The smallest absolute Gasteiger partial charge is 0.404 e. The molecule has 1 N–H and O–H groups in total. The number of carbonyl (C=O) groups excluding carboxylic acids is 1. The summed E-state index contributed by atoms with van der Waals surface area (Å²) >= 11 is 0. The van der Waals surface area contributed by atoms with E-state index in [-0.39, 0.29) is 23.1 Å². The van der Waals surface area contributed by atoms with Gasteiger partial charge in [0.15, 0.2) is 0 Å². The number of likely N-dealkylation sites (tertiary alicyclic amines) is 2. The standard InChI is InChI=1S/C20H23F3N6O2/c21-20(22,23)31-16-2-1-15(24-8-16)5-13-6-19(7-13)10-29(11-19)18(30)28-4-3-14(9-28)17-25-12-26-27-17/h1-2,8,12-14H,3-7,9-11H2,(H,25,26,27)/t14-/m0/s1. The van der Waals surface area contributed by atoms with Gasteiger partial charge in [-0.3, -0.25) is 10.1 Å². The summed E-state index contributed by atoms with van der Waals surface area (Å²) in [7, 11) is 0. The number of aromatic nitrogens is 4. The Morgan fingerprint density at radius 2 is 2.03 bits per heavy atom. The van der Waals surface area contributed by atoms with E-state index in [0.29, 0.717) is 12.5 Å². The minimum Gasteiger partial charge on any atom is -0.404 e. The molecule has 2 amide bonds. The van der Waals surface area contributed by atoms with Gasteiger partial charge in [-0.25, -0.2) is 9.78 Å². The van der Waals surface area contributed by atoms with Gasteiger partial charge >= 0.3 is 12.4 Å². The SMILES string of the molecule is O=C(N1CC[C@H](c2ncn[nH]2)C1)N1CC2(CC(Cc3ccc(OC(F)(F)F)cn3)C2)C1. The molecule has 31 heavy (non-hydrogen) atoms. The van der Waals surface area contributed by atoms with E-state index >= 15 is 0 Å². The first-order chi connectivity index (χ1) is 14.8. The van der Waals surface area contributed by atoms with Gasteiger partial charge in [0, 0.05) is 43.2 Å². The number of nitrogens with one attached hydrogen (secondary N) is 1. The van der Waals surface area contributed by atoms with Gasteiger partial charge in [0.2, 0.25) is 0 Å². The lowest BCUT2D eigenvalue weighted by Crippen LogP contribution is -2.65. The first kappa shape index (κ1) is 20.1. The normalized spacial score (nSPS) is 23.0. The highest BCUT2D eigenvalue weighted by Gasteiger charge is 2.54. The average Bonchev–Trinajstić information content (AvgIpc) is 3.33.